The Labute approximate surface area is 112 Å². The quantitative estimate of drug-likeness (QED) is 0.837. The lowest BCUT2D eigenvalue weighted by Crippen LogP contribution is -2.09. The van der Waals surface area contributed by atoms with E-state index in [0.717, 1.165) is 10.9 Å². The van der Waals surface area contributed by atoms with Crippen LogP contribution in [-0.2, 0) is 0 Å². The van der Waals surface area contributed by atoms with E-state index in [1.165, 1.54) is 25.7 Å². The Hall–Kier alpha value is -2.08. The molecular formula is C16H16N2O. The van der Waals surface area contributed by atoms with E-state index >= 15 is 0 Å². The van der Waals surface area contributed by atoms with Crippen LogP contribution in [0.3, 0.4) is 0 Å². The lowest BCUT2D eigenvalue weighted by Gasteiger charge is -2.12. The van der Waals surface area contributed by atoms with Crippen LogP contribution in [0, 0.1) is 17.2 Å². The molecule has 96 valence electrons. The summed E-state index contributed by atoms with van der Waals surface area (Å²) in [6.07, 6.45) is 5.06. The average Bonchev–Trinajstić information content (AvgIpc) is 2.97. The summed E-state index contributed by atoms with van der Waals surface area (Å²) in [5, 5.41) is 10.2. The lowest BCUT2D eigenvalue weighted by atomic mass is 10.1. The van der Waals surface area contributed by atoms with Gasteiger partial charge in [-0.05, 0) is 30.9 Å². The van der Waals surface area contributed by atoms with Crippen molar-refractivity contribution in [2.75, 3.05) is 6.61 Å². The molecule has 3 nitrogen and oxygen atoms in total. The third-order valence-electron chi connectivity index (χ3n) is 3.74. The maximum Gasteiger partial charge on any atom is 0.232 e. The first-order valence-electron chi connectivity index (χ1n) is 6.79. The van der Waals surface area contributed by atoms with Gasteiger partial charge in [0, 0.05) is 5.39 Å². The Balaban J connectivity index is 1.86. The molecule has 3 heteroatoms. The number of benzene rings is 1. The average molecular weight is 252 g/mol. The molecule has 0 bridgehead atoms. The van der Waals surface area contributed by atoms with Gasteiger partial charge in [-0.1, -0.05) is 31.0 Å². The lowest BCUT2D eigenvalue weighted by molar-refractivity contribution is 0.243. The predicted molar refractivity (Wildman–Crippen MR) is 73.9 cm³/mol. The Morgan fingerprint density at radius 3 is 2.84 bits per heavy atom. The molecule has 0 aliphatic heterocycles. The summed E-state index contributed by atoms with van der Waals surface area (Å²) in [6.45, 7) is 0.681. The normalized spacial score (nSPS) is 15.5. The minimum Gasteiger partial charge on any atom is -0.476 e. The third-order valence-corrected chi connectivity index (χ3v) is 3.74. The second-order valence-electron chi connectivity index (χ2n) is 5.11. The molecule has 1 aromatic heterocycles. The van der Waals surface area contributed by atoms with Crippen molar-refractivity contribution in [1.29, 1.82) is 5.26 Å². The van der Waals surface area contributed by atoms with Gasteiger partial charge in [-0.25, -0.2) is 4.98 Å². The van der Waals surface area contributed by atoms with Crippen LogP contribution >= 0.6 is 0 Å². The van der Waals surface area contributed by atoms with Crippen molar-refractivity contribution in [3.05, 3.63) is 35.9 Å². The number of rotatable bonds is 3. The molecule has 0 amide bonds. The highest BCUT2D eigenvalue weighted by molar-refractivity contribution is 5.80. The number of nitrogens with zero attached hydrogens (tertiary/aromatic N) is 2. The summed E-state index contributed by atoms with van der Waals surface area (Å²) in [4.78, 5) is 4.46. The Morgan fingerprint density at radius 2 is 2.05 bits per heavy atom. The fourth-order valence-corrected chi connectivity index (χ4v) is 2.66. The molecule has 2 aromatic rings. The van der Waals surface area contributed by atoms with Gasteiger partial charge in [0.15, 0.2) is 0 Å². The highest BCUT2D eigenvalue weighted by Crippen LogP contribution is 2.27. The van der Waals surface area contributed by atoms with Crippen LogP contribution in [-0.4, -0.2) is 11.6 Å². The Morgan fingerprint density at radius 1 is 1.26 bits per heavy atom. The van der Waals surface area contributed by atoms with Gasteiger partial charge in [-0.15, -0.1) is 0 Å². The molecule has 1 saturated carbocycles. The molecule has 0 unspecified atom stereocenters. The summed E-state index contributed by atoms with van der Waals surface area (Å²) in [5.74, 6) is 1.10. The van der Waals surface area contributed by atoms with Crippen molar-refractivity contribution in [2.45, 2.75) is 25.7 Å². The third kappa shape index (κ3) is 2.53. The van der Waals surface area contributed by atoms with E-state index in [9.17, 15) is 5.26 Å². The van der Waals surface area contributed by atoms with Crippen LogP contribution < -0.4 is 4.74 Å². The fourth-order valence-electron chi connectivity index (χ4n) is 2.66. The van der Waals surface area contributed by atoms with E-state index in [4.69, 9.17) is 4.74 Å². The number of fused-ring (bicyclic) bond motifs is 1. The first-order chi connectivity index (χ1) is 9.36. The van der Waals surface area contributed by atoms with E-state index in [1.54, 1.807) is 0 Å². The van der Waals surface area contributed by atoms with Crippen molar-refractivity contribution in [3.8, 4) is 11.9 Å². The summed E-state index contributed by atoms with van der Waals surface area (Å²) in [6, 6.07) is 11.8. The van der Waals surface area contributed by atoms with Crippen molar-refractivity contribution >= 4 is 10.9 Å². The van der Waals surface area contributed by atoms with Gasteiger partial charge in [0.05, 0.1) is 12.1 Å². The van der Waals surface area contributed by atoms with E-state index < -0.39 is 0 Å². The molecule has 1 aromatic carbocycles. The van der Waals surface area contributed by atoms with Gasteiger partial charge in [0.2, 0.25) is 5.88 Å². The van der Waals surface area contributed by atoms with Crippen LogP contribution in [0.25, 0.3) is 10.9 Å². The predicted octanol–water partition coefficient (Wildman–Crippen LogP) is 3.68. The van der Waals surface area contributed by atoms with Crippen LogP contribution in [0.1, 0.15) is 31.2 Å². The van der Waals surface area contributed by atoms with Gasteiger partial charge in [-0.3, -0.25) is 0 Å². The zero-order chi connectivity index (χ0) is 13.1. The van der Waals surface area contributed by atoms with Gasteiger partial charge in [0.1, 0.15) is 11.6 Å². The second-order valence-corrected chi connectivity index (χ2v) is 5.11. The largest absolute Gasteiger partial charge is 0.476 e. The molecule has 0 atom stereocenters. The van der Waals surface area contributed by atoms with Crippen LogP contribution in [0.15, 0.2) is 30.3 Å². The number of ether oxygens (including phenoxy) is 1. The standard InChI is InChI=1S/C16H16N2O/c17-10-14-9-13-7-3-4-8-15(13)18-16(14)19-11-12-5-1-2-6-12/h3-4,7-9,12H,1-2,5-6,11H2. The van der Waals surface area contributed by atoms with Crippen molar-refractivity contribution in [2.24, 2.45) is 5.92 Å². The SMILES string of the molecule is N#Cc1cc2ccccc2nc1OCC1CCCC1. The molecule has 1 fully saturated rings. The molecule has 3 rings (SSSR count). The molecule has 19 heavy (non-hydrogen) atoms. The Kier molecular flexibility index (Phi) is 3.33. The molecule has 0 saturated heterocycles. The minimum absolute atomic E-state index is 0.480. The van der Waals surface area contributed by atoms with Gasteiger partial charge in [-0.2, -0.15) is 5.26 Å². The number of pyridine rings is 1. The first kappa shape index (κ1) is 12.0. The number of aromatic nitrogens is 1. The van der Waals surface area contributed by atoms with Crippen LogP contribution in [0.4, 0.5) is 0 Å². The van der Waals surface area contributed by atoms with Gasteiger partial charge < -0.3 is 4.74 Å². The maximum atomic E-state index is 9.20. The zero-order valence-electron chi connectivity index (χ0n) is 10.8. The molecule has 1 heterocycles. The van der Waals surface area contributed by atoms with E-state index in [-0.39, 0.29) is 0 Å². The van der Waals surface area contributed by atoms with Gasteiger partial charge >= 0.3 is 0 Å². The second kappa shape index (κ2) is 5.27. The van der Waals surface area contributed by atoms with Gasteiger partial charge in [0.25, 0.3) is 0 Å². The van der Waals surface area contributed by atoms with Crippen molar-refractivity contribution in [1.82, 2.24) is 4.98 Å². The maximum absolute atomic E-state index is 9.20. The zero-order valence-corrected chi connectivity index (χ0v) is 10.8. The number of para-hydroxylation sites is 1. The molecule has 0 N–H and O–H groups in total. The smallest absolute Gasteiger partial charge is 0.232 e. The monoisotopic (exact) mass is 252 g/mol. The summed E-state index contributed by atoms with van der Waals surface area (Å²) in [5.41, 5.74) is 1.40. The van der Waals surface area contributed by atoms with E-state index in [0.29, 0.717) is 24.0 Å². The number of nitriles is 1. The highest BCUT2D eigenvalue weighted by atomic mass is 16.5. The highest BCUT2D eigenvalue weighted by Gasteiger charge is 2.17. The molecule has 0 spiro atoms. The summed E-state index contributed by atoms with van der Waals surface area (Å²) >= 11 is 0. The molecule has 1 aliphatic carbocycles. The van der Waals surface area contributed by atoms with Crippen LogP contribution in [0.5, 0.6) is 5.88 Å². The number of hydrogen-bond donors (Lipinski definition) is 0. The Bertz CT molecular complexity index is 624. The summed E-state index contributed by atoms with van der Waals surface area (Å²) in [7, 11) is 0. The van der Waals surface area contributed by atoms with Crippen molar-refractivity contribution in [3.63, 3.8) is 0 Å². The molecule has 0 radical (unpaired) electrons. The number of hydrogen-bond acceptors (Lipinski definition) is 3. The minimum atomic E-state index is 0.480. The first-order valence-corrected chi connectivity index (χ1v) is 6.79. The van der Waals surface area contributed by atoms with Crippen molar-refractivity contribution < 1.29 is 4.74 Å². The summed E-state index contributed by atoms with van der Waals surface area (Å²) < 4.78 is 5.79. The van der Waals surface area contributed by atoms with E-state index in [2.05, 4.69) is 11.1 Å². The molecule has 1 aliphatic rings. The molecular weight excluding hydrogens is 236 g/mol. The fraction of sp³-hybridized carbons (Fsp3) is 0.375. The van der Waals surface area contributed by atoms with Crippen LogP contribution in [0.2, 0.25) is 0 Å². The topological polar surface area (TPSA) is 45.9 Å². The van der Waals surface area contributed by atoms with E-state index in [1.807, 2.05) is 30.3 Å².